The van der Waals surface area contributed by atoms with E-state index < -0.39 is 0 Å². The van der Waals surface area contributed by atoms with Crippen LogP contribution in [0.3, 0.4) is 0 Å². The number of hydrogen-bond donors (Lipinski definition) is 2. The summed E-state index contributed by atoms with van der Waals surface area (Å²) in [5.41, 5.74) is 1.37. The molecule has 1 fully saturated rings. The Labute approximate surface area is 188 Å². The molecule has 1 aliphatic heterocycles. The summed E-state index contributed by atoms with van der Waals surface area (Å²) in [5.74, 6) is 1.22. The van der Waals surface area contributed by atoms with Gasteiger partial charge in [-0.1, -0.05) is 44.2 Å². The maximum atomic E-state index is 13.1. The number of aromatic amines is 1. The summed E-state index contributed by atoms with van der Waals surface area (Å²) < 4.78 is 5.48. The molecule has 1 atom stereocenters. The van der Waals surface area contributed by atoms with Crippen LogP contribution >= 0.6 is 0 Å². The maximum absolute atomic E-state index is 13.1. The largest absolute Gasteiger partial charge is 0.415 e. The van der Waals surface area contributed by atoms with E-state index in [0.717, 1.165) is 30.2 Å². The van der Waals surface area contributed by atoms with Crippen molar-refractivity contribution in [3.8, 4) is 5.75 Å². The Bertz CT molecular complexity index is 1060. The minimum Gasteiger partial charge on any atom is -0.410 e. The molecular formula is C25H30N4O3. The number of para-hydroxylation sites is 2. The van der Waals surface area contributed by atoms with Crippen molar-refractivity contribution in [1.29, 1.82) is 0 Å². The Morgan fingerprint density at radius 3 is 2.59 bits per heavy atom. The Hall–Kier alpha value is -3.35. The second kappa shape index (κ2) is 9.85. The zero-order chi connectivity index (χ0) is 22.5. The van der Waals surface area contributed by atoms with Gasteiger partial charge in [-0.25, -0.2) is 4.79 Å². The molecule has 0 saturated carbocycles. The topological polar surface area (TPSA) is 87.3 Å². The molecular weight excluding hydrogens is 404 g/mol. The number of carbonyl (C=O) groups is 2. The Kier molecular flexibility index (Phi) is 6.73. The lowest BCUT2D eigenvalue weighted by Crippen LogP contribution is -2.47. The molecule has 0 radical (unpaired) electrons. The van der Waals surface area contributed by atoms with Crippen molar-refractivity contribution in [3.63, 3.8) is 0 Å². The van der Waals surface area contributed by atoms with Crippen molar-refractivity contribution >= 4 is 22.9 Å². The van der Waals surface area contributed by atoms with Gasteiger partial charge in [0.05, 0.1) is 17.3 Å². The van der Waals surface area contributed by atoms with Gasteiger partial charge in [0.15, 0.2) is 0 Å². The van der Waals surface area contributed by atoms with E-state index in [1.807, 2.05) is 36.4 Å². The van der Waals surface area contributed by atoms with E-state index in [0.29, 0.717) is 36.2 Å². The van der Waals surface area contributed by atoms with Gasteiger partial charge in [0.2, 0.25) is 0 Å². The fourth-order valence-corrected chi connectivity index (χ4v) is 4.42. The van der Waals surface area contributed by atoms with Crippen LogP contribution < -0.4 is 10.1 Å². The molecule has 7 heteroatoms. The van der Waals surface area contributed by atoms with Crippen LogP contribution in [0.25, 0.3) is 10.9 Å². The van der Waals surface area contributed by atoms with Gasteiger partial charge in [0.25, 0.3) is 5.91 Å². The number of hydrogen-bond acceptors (Lipinski definition) is 4. The standard InChI is InChI=1S/C25H30N4O3/c1-17(2)15-22(27-24(30)21-10-6-7-19-16-26-28-23(19)21)18-11-13-29(14-12-18)25(31)32-20-8-4-3-5-9-20/h3-10,16-18,22H,11-15H2,1-2H3,(H,26,28)(H,27,30)/t22-/m1/s1. The molecule has 2 heterocycles. The number of rotatable bonds is 6. The van der Waals surface area contributed by atoms with Gasteiger partial charge in [-0.3, -0.25) is 9.89 Å². The molecule has 3 aromatic rings. The number of nitrogens with zero attached hydrogens (tertiary/aromatic N) is 2. The van der Waals surface area contributed by atoms with Crippen LogP contribution in [-0.2, 0) is 0 Å². The SMILES string of the molecule is CC(C)C[C@@H](NC(=O)c1cccc2cn[nH]c12)C1CCN(C(=O)Oc2ccccc2)CC1. The predicted molar refractivity (Wildman–Crippen MR) is 124 cm³/mol. The number of amides is 2. The minimum atomic E-state index is -0.315. The molecule has 0 aliphatic carbocycles. The lowest BCUT2D eigenvalue weighted by Gasteiger charge is -2.36. The highest BCUT2D eigenvalue weighted by Gasteiger charge is 2.31. The number of aromatic nitrogens is 2. The number of piperidine rings is 1. The second-order valence-electron chi connectivity index (χ2n) is 8.85. The van der Waals surface area contributed by atoms with E-state index in [1.54, 1.807) is 23.2 Å². The van der Waals surface area contributed by atoms with Gasteiger partial charge < -0.3 is 15.0 Å². The van der Waals surface area contributed by atoms with Crippen molar-refractivity contribution in [2.45, 2.75) is 39.2 Å². The van der Waals surface area contributed by atoms with Crippen molar-refractivity contribution in [2.24, 2.45) is 11.8 Å². The minimum absolute atomic E-state index is 0.0490. The second-order valence-corrected chi connectivity index (χ2v) is 8.85. The van der Waals surface area contributed by atoms with E-state index in [1.165, 1.54) is 0 Å². The summed E-state index contributed by atoms with van der Waals surface area (Å²) >= 11 is 0. The molecule has 2 amide bonds. The lowest BCUT2D eigenvalue weighted by atomic mass is 9.84. The molecule has 4 rings (SSSR count). The van der Waals surface area contributed by atoms with Crippen LogP contribution in [0.5, 0.6) is 5.75 Å². The van der Waals surface area contributed by atoms with Gasteiger partial charge >= 0.3 is 6.09 Å². The molecule has 168 valence electrons. The smallest absolute Gasteiger partial charge is 0.410 e. The van der Waals surface area contributed by atoms with Gasteiger partial charge in [-0.15, -0.1) is 0 Å². The van der Waals surface area contributed by atoms with Gasteiger partial charge in [-0.2, -0.15) is 5.10 Å². The van der Waals surface area contributed by atoms with Crippen LogP contribution in [0.15, 0.2) is 54.7 Å². The third-order valence-corrected chi connectivity index (χ3v) is 6.08. The number of nitrogens with one attached hydrogen (secondary N) is 2. The van der Waals surface area contributed by atoms with Crippen molar-refractivity contribution in [3.05, 3.63) is 60.3 Å². The molecule has 7 nitrogen and oxygen atoms in total. The molecule has 1 saturated heterocycles. The van der Waals surface area contributed by atoms with Crippen LogP contribution in [0.2, 0.25) is 0 Å². The highest BCUT2D eigenvalue weighted by atomic mass is 16.6. The molecule has 2 N–H and O–H groups in total. The Morgan fingerprint density at radius 2 is 1.88 bits per heavy atom. The first-order chi connectivity index (χ1) is 15.5. The van der Waals surface area contributed by atoms with Gasteiger partial charge in [0, 0.05) is 24.5 Å². The zero-order valence-electron chi connectivity index (χ0n) is 18.6. The average Bonchev–Trinajstić information content (AvgIpc) is 3.28. The summed E-state index contributed by atoms with van der Waals surface area (Å²) in [7, 11) is 0. The van der Waals surface area contributed by atoms with Crippen LogP contribution in [0.4, 0.5) is 4.79 Å². The van der Waals surface area contributed by atoms with E-state index in [-0.39, 0.29) is 18.0 Å². The normalized spacial score (nSPS) is 15.7. The molecule has 0 unspecified atom stereocenters. The number of H-pyrrole nitrogens is 1. The third kappa shape index (κ3) is 5.10. The van der Waals surface area contributed by atoms with Crippen LogP contribution in [0, 0.1) is 11.8 Å². The molecule has 0 bridgehead atoms. The van der Waals surface area contributed by atoms with Crippen molar-refractivity contribution < 1.29 is 14.3 Å². The number of carbonyl (C=O) groups excluding carboxylic acids is 2. The summed E-state index contributed by atoms with van der Waals surface area (Å²) in [4.78, 5) is 27.4. The lowest BCUT2D eigenvalue weighted by molar-refractivity contribution is 0.0872. The first kappa shape index (κ1) is 21.9. The Morgan fingerprint density at radius 1 is 1.12 bits per heavy atom. The first-order valence-electron chi connectivity index (χ1n) is 11.3. The highest BCUT2D eigenvalue weighted by Crippen LogP contribution is 2.26. The monoisotopic (exact) mass is 434 g/mol. The molecule has 0 spiro atoms. The van der Waals surface area contributed by atoms with E-state index in [2.05, 4.69) is 29.4 Å². The number of benzene rings is 2. The molecule has 32 heavy (non-hydrogen) atoms. The van der Waals surface area contributed by atoms with Crippen LogP contribution in [0.1, 0.15) is 43.5 Å². The van der Waals surface area contributed by atoms with Gasteiger partial charge in [0.1, 0.15) is 5.75 Å². The average molecular weight is 435 g/mol. The highest BCUT2D eigenvalue weighted by molar-refractivity contribution is 6.05. The fraction of sp³-hybridized carbons (Fsp3) is 0.400. The third-order valence-electron chi connectivity index (χ3n) is 6.08. The van der Waals surface area contributed by atoms with E-state index in [4.69, 9.17) is 4.74 Å². The quantitative estimate of drug-likeness (QED) is 0.593. The molecule has 1 aliphatic rings. The summed E-state index contributed by atoms with van der Waals surface area (Å²) in [6.07, 6.45) is 3.96. The number of fused-ring (bicyclic) bond motifs is 1. The summed E-state index contributed by atoms with van der Waals surface area (Å²) in [5, 5.41) is 11.2. The van der Waals surface area contributed by atoms with E-state index in [9.17, 15) is 9.59 Å². The zero-order valence-corrected chi connectivity index (χ0v) is 18.6. The summed E-state index contributed by atoms with van der Waals surface area (Å²) in [6.45, 7) is 5.58. The summed E-state index contributed by atoms with van der Waals surface area (Å²) in [6, 6.07) is 14.8. The van der Waals surface area contributed by atoms with Crippen molar-refractivity contribution in [2.75, 3.05) is 13.1 Å². The molecule has 1 aromatic heterocycles. The van der Waals surface area contributed by atoms with Gasteiger partial charge in [-0.05, 0) is 49.3 Å². The Balaban J connectivity index is 1.39. The fourth-order valence-electron chi connectivity index (χ4n) is 4.42. The van der Waals surface area contributed by atoms with E-state index >= 15 is 0 Å². The first-order valence-corrected chi connectivity index (χ1v) is 11.3. The number of ether oxygens (including phenoxy) is 1. The van der Waals surface area contributed by atoms with Crippen LogP contribution in [-0.4, -0.2) is 46.2 Å². The number of likely N-dealkylation sites (tertiary alicyclic amines) is 1. The molecule has 2 aromatic carbocycles. The predicted octanol–water partition coefficient (Wildman–Crippen LogP) is 4.62. The van der Waals surface area contributed by atoms with Crippen molar-refractivity contribution in [1.82, 2.24) is 20.4 Å². The maximum Gasteiger partial charge on any atom is 0.415 e.